The zero-order valence-electron chi connectivity index (χ0n) is 13.5. The first kappa shape index (κ1) is 14.6. The molecule has 5 nitrogen and oxygen atoms in total. The van der Waals surface area contributed by atoms with Crippen LogP contribution < -0.4 is 5.56 Å². The van der Waals surface area contributed by atoms with Gasteiger partial charge in [0.2, 0.25) is 5.95 Å². The van der Waals surface area contributed by atoms with Crippen LogP contribution in [0.3, 0.4) is 0 Å². The highest BCUT2D eigenvalue weighted by Crippen LogP contribution is 2.16. The van der Waals surface area contributed by atoms with Gasteiger partial charge < -0.3 is 4.98 Å². The van der Waals surface area contributed by atoms with E-state index < -0.39 is 0 Å². The number of hydrogen-bond donors (Lipinski definition) is 1. The van der Waals surface area contributed by atoms with E-state index >= 15 is 0 Å². The zero-order chi connectivity index (χ0) is 16.5. The largest absolute Gasteiger partial charge is 0.323 e. The van der Waals surface area contributed by atoms with Crippen molar-refractivity contribution in [2.45, 2.75) is 26.2 Å². The van der Waals surface area contributed by atoms with Gasteiger partial charge in [0.05, 0.1) is 21.9 Å². The Hall–Kier alpha value is -2.95. The first-order valence-corrected chi connectivity index (χ1v) is 8.23. The van der Waals surface area contributed by atoms with Gasteiger partial charge in [0.15, 0.2) is 0 Å². The van der Waals surface area contributed by atoms with E-state index in [2.05, 4.69) is 16.9 Å². The number of rotatable bonds is 4. The Morgan fingerprint density at radius 2 is 1.75 bits per heavy atom. The number of nitrogens with one attached hydrogen (secondary N) is 1. The van der Waals surface area contributed by atoms with Crippen LogP contribution in [0.1, 0.15) is 25.6 Å². The van der Waals surface area contributed by atoms with Crippen molar-refractivity contribution in [1.29, 1.82) is 0 Å². The lowest BCUT2D eigenvalue weighted by molar-refractivity contribution is 0.709. The van der Waals surface area contributed by atoms with E-state index in [1.807, 2.05) is 48.5 Å². The Bertz CT molecular complexity index is 1040. The van der Waals surface area contributed by atoms with E-state index in [-0.39, 0.29) is 5.56 Å². The van der Waals surface area contributed by atoms with Crippen LogP contribution in [0.15, 0.2) is 53.3 Å². The van der Waals surface area contributed by atoms with Crippen LogP contribution in [-0.2, 0) is 6.42 Å². The summed E-state index contributed by atoms with van der Waals surface area (Å²) < 4.78 is 1.62. The summed E-state index contributed by atoms with van der Waals surface area (Å²) in [6, 6.07) is 15.2. The molecule has 2 aromatic carbocycles. The third-order valence-electron chi connectivity index (χ3n) is 4.19. The van der Waals surface area contributed by atoms with Gasteiger partial charge in [0.1, 0.15) is 5.82 Å². The molecule has 0 saturated carbocycles. The van der Waals surface area contributed by atoms with Crippen LogP contribution in [0.4, 0.5) is 0 Å². The lowest BCUT2D eigenvalue weighted by Crippen LogP contribution is -2.25. The topological polar surface area (TPSA) is 63.6 Å². The molecule has 2 aromatic heterocycles. The van der Waals surface area contributed by atoms with E-state index in [9.17, 15) is 4.79 Å². The monoisotopic (exact) mass is 318 g/mol. The zero-order valence-corrected chi connectivity index (χ0v) is 13.5. The Balaban J connectivity index is 2.00. The van der Waals surface area contributed by atoms with Crippen molar-refractivity contribution in [2.24, 2.45) is 0 Å². The quantitative estimate of drug-likeness (QED) is 0.625. The Morgan fingerprint density at radius 3 is 2.54 bits per heavy atom. The van der Waals surface area contributed by atoms with E-state index in [0.717, 1.165) is 41.6 Å². The van der Waals surface area contributed by atoms with Crippen molar-refractivity contribution in [3.8, 4) is 5.95 Å². The average molecular weight is 318 g/mol. The van der Waals surface area contributed by atoms with Crippen molar-refractivity contribution in [1.82, 2.24) is 19.5 Å². The number of hydrogen-bond acceptors (Lipinski definition) is 3. The maximum Gasteiger partial charge on any atom is 0.268 e. The fourth-order valence-corrected chi connectivity index (χ4v) is 2.94. The van der Waals surface area contributed by atoms with Crippen molar-refractivity contribution in [3.63, 3.8) is 0 Å². The fraction of sp³-hybridized carbons (Fsp3) is 0.211. The van der Waals surface area contributed by atoms with Gasteiger partial charge in [0.25, 0.3) is 5.56 Å². The third-order valence-corrected chi connectivity index (χ3v) is 4.19. The standard InChI is InChI=1S/C19H18N4O/c1-2-3-12-17-20-14-9-5-4-8-13(14)18(24)23(17)19-21-15-10-6-7-11-16(15)22-19/h4-11H,2-3,12H2,1H3,(H,21,22). The predicted molar refractivity (Wildman–Crippen MR) is 95.6 cm³/mol. The summed E-state index contributed by atoms with van der Waals surface area (Å²) in [6.45, 7) is 2.13. The molecule has 120 valence electrons. The SMILES string of the molecule is CCCCc1nc2ccccc2c(=O)n1-c1nc2ccccc2[nH]1. The summed E-state index contributed by atoms with van der Waals surface area (Å²) >= 11 is 0. The van der Waals surface area contributed by atoms with Crippen LogP contribution in [0.5, 0.6) is 0 Å². The van der Waals surface area contributed by atoms with Gasteiger partial charge in [-0.05, 0) is 30.7 Å². The molecule has 1 N–H and O–H groups in total. The highest BCUT2D eigenvalue weighted by Gasteiger charge is 2.15. The molecule has 0 aliphatic rings. The van der Waals surface area contributed by atoms with Crippen molar-refractivity contribution < 1.29 is 0 Å². The molecule has 0 aliphatic heterocycles. The van der Waals surface area contributed by atoms with Gasteiger partial charge in [-0.15, -0.1) is 0 Å². The summed E-state index contributed by atoms with van der Waals surface area (Å²) in [5.41, 5.74) is 2.41. The number of benzene rings is 2. The van der Waals surface area contributed by atoms with Crippen LogP contribution in [0.25, 0.3) is 27.9 Å². The maximum absolute atomic E-state index is 13.1. The molecule has 0 spiro atoms. The minimum absolute atomic E-state index is 0.0780. The molecule has 0 amide bonds. The van der Waals surface area contributed by atoms with Gasteiger partial charge in [-0.2, -0.15) is 0 Å². The number of aromatic nitrogens is 4. The second kappa shape index (κ2) is 5.92. The lowest BCUT2D eigenvalue weighted by atomic mass is 10.2. The first-order valence-electron chi connectivity index (χ1n) is 8.23. The summed E-state index contributed by atoms with van der Waals surface area (Å²) in [4.78, 5) is 25.6. The summed E-state index contributed by atoms with van der Waals surface area (Å²) in [6.07, 6.45) is 2.77. The van der Waals surface area contributed by atoms with Gasteiger partial charge in [-0.3, -0.25) is 4.79 Å². The molecule has 4 aromatic rings. The van der Waals surface area contributed by atoms with Crippen LogP contribution in [-0.4, -0.2) is 19.5 Å². The Morgan fingerprint density at radius 1 is 1.00 bits per heavy atom. The number of unbranched alkanes of at least 4 members (excludes halogenated alkanes) is 1. The summed E-state index contributed by atoms with van der Waals surface area (Å²) in [7, 11) is 0. The number of imidazole rings is 1. The molecule has 4 rings (SSSR count). The number of aryl methyl sites for hydroxylation is 1. The maximum atomic E-state index is 13.1. The van der Waals surface area contributed by atoms with Gasteiger partial charge in [0, 0.05) is 6.42 Å². The van der Waals surface area contributed by atoms with Crippen molar-refractivity contribution in [3.05, 3.63) is 64.7 Å². The molecule has 0 bridgehead atoms. The second-order valence-electron chi connectivity index (χ2n) is 5.87. The Kier molecular flexibility index (Phi) is 3.61. The molecule has 0 atom stereocenters. The molecule has 0 radical (unpaired) electrons. The molecule has 2 heterocycles. The number of aromatic amines is 1. The summed E-state index contributed by atoms with van der Waals surface area (Å²) in [5, 5.41) is 0.609. The molecular formula is C19H18N4O. The first-order chi connectivity index (χ1) is 11.8. The average Bonchev–Trinajstić information content (AvgIpc) is 3.03. The second-order valence-corrected chi connectivity index (χ2v) is 5.87. The fourth-order valence-electron chi connectivity index (χ4n) is 2.94. The minimum Gasteiger partial charge on any atom is -0.323 e. The third kappa shape index (κ3) is 2.38. The van der Waals surface area contributed by atoms with Crippen LogP contribution >= 0.6 is 0 Å². The molecule has 24 heavy (non-hydrogen) atoms. The summed E-state index contributed by atoms with van der Waals surface area (Å²) in [5.74, 6) is 1.28. The smallest absolute Gasteiger partial charge is 0.268 e. The van der Waals surface area contributed by atoms with Crippen molar-refractivity contribution in [2.75, 3.05) is 0 Å². The number of nitrogens with zero attached hydrogens (tertiary/aromatic N) is 3. The van der Waals surface area contributed by atoms with E-state index in [1.54, 1.807) is 4.57 Å². The van der Waals surface area contributed by atoms with E-state index in [4.69, 9.17) is 4.98 Å². The molecule has 0 saturated heterocycles. The van der Waals surface area contributed by atoms with E-state index in [0.29, 0.717) is 11.3 Å². The van der Waals surface area contributed by atoms with Crippen LogP contribution in [0, 0.1) is 0 Å². The highest BCUT2D eigenvalue weighted by molar-refractivity contribution is 5.79. The highest BCUT2D eigenvalue weighted by atomic mass is 16.1. The van der Waals surface area contributed by atoms with Crippen molar-refractivity contribution >= 4 is 21.9 Å². The predicted octanol–water partition coefficient (Wildman–Crippen LogP) is 3.60. The number of para-hydroxylation sites is 3. The number of H-pyrrole nitrogens is 1. The normalized spacial score (nSPS) is 11.4. The minimum atomic E-state index is -0.0780. The molecule has 0 aliphatic carbocycles. The molecular weight excluding hydrogens is 300 g/mol. The van der Waals surface area contributed by atoms with Gasteiger partial charge >= 0.3 is 0 Å². The van der Waals surface area contributed by atoms with E-state index in [1.165, 1.54) is 0 Å². The molecule has 5 heteroatoms. The van der Waals surface area contributed by atoms with Crippen LogP contribution in [0.2, 0.25) is 0 Å². The number of fused-ring (bicyclic) bond motifs is 2. The molecule has 0 unspecified atom stereocenters. The Labute approximate surface area is 139 Å². The molecule has 0 fully saturated rings. The van der Waals surface area contributed by atoms with Gasteiger partial charge in [-0.1, -0.05) is 37.6 Å². The lowest BCUT2D eigenvalue weighted by Gasteiger charge is -2.10. The van der Waals surface area contributed by atoms with Gasteiger partial charge in [-0.25, -0.2) is 14.5 Å².